The monoisotopic (exact) mass is 512 g/mol. The number of carbonyl (C=O) groups excluding carboxylic acids is 3. The van der Waals surface area contributed by atoms with Crippen molar-refractivity contribution in [3.63, 3.8) is 0 Å². The fraction of sp³-hybridized carbons (Fsp3) is 0.323. The van der Waals surface area contributed by atoms with Crippen molar-refractivity contribution in [2.75, 3.05) is 17.3 Å². The number of amides is 1. The van der Waals surface area contributed by atoms with Gasteiger partial charge in [-0.1, -0.05) is 44.0 Å². The first-order chi connectivity index (χ1) is 18.5. The molecule has 1 N–H and O–H groups in total. The van der Waals surface area contributed by atoms with E-state index in [0.717, 1.165) is 47.7 Å². The van der Waals surface area contributed by atoms with Gasteiger partial charge in [0, 0.05) is 30.0 Å². The molecule has 7 heteroatoms. The van der Waals surface area contributed by atoms with Crippen molar-refractivity contribution in [3.05, 3.63) is 95.1 Å². The lowest BCUT2D eigenvalue weighted by Crippen LogP contribution is -2.38. The molecule has 1 amide bonds. The molecule has 38 heavy (non-hydrogen) atoms. The van der Waals surface area contributed by atoms with Crippen LogP contribution in [0.4, 0.5) is 11.4 Å². The molecule has 2 heterocycles. The highest BCUT2D eigenvalue weighted by Crippen LogP contribution is 2.47. The first-order valence-electron chi connectivity index (χ1n) is 13.2. The summed E-state index contributed by atoms with van der Waals surface area (Å²) in [5, 5.41) is 3.52. The van der Waals surface area contributed by atoms with Gasteiger partial charge in [-0.05, 0) is 54.8 Å². The van der Waals surface area contributed by atoms with Crippen LogP contribution in [-0.2, 0) is 14.3 Å². The molecule has 0 unspecified atom stereocenters. The van der Waals surface area contributed by atoms with Crippen molar-refractivity contribution in [1.29, 1.82) is 0 Å². The number of ketones is 1. The summed E-state index contributed by atoms with van der Waals surface area (Å²) in [5.74, 6) is 0.179. The van der Waals surface area contributed by atoms with Gasteiger partial charge in [0.15, 0.2) is 5.78 Å². The van der Waals surface area contributed by atoms with Gasteiger partial charge in [-0.15, -0.1) is 0 Å². The van der Waals surface area contributed by atoms with Gasteiger partial charge in [0.05, 0.1) is 36.4 Å². The van der Waals surface area contributed by atoms with Gasteiger partial charge in [-0.25, -0.2) is 4.79 Å². The maximum atomic E-state index is 13.9. The topological polar surface area (TPSA) is 88.9 Å². The van der Waals surface area contributed by atoms with E-state index >= 15 is 0 Å². The number of methoxy groups -OCH3 is 1. The predicted molar refractivity (Wildman–Crippen MR) is 145 cm³/mol. The molecule has 2 aliphatic rings. The average Bonchev–Trinajstić information content (AvgIpc) is 3.43. The Hall–Kier alpha value is -4.13. The van der Waals surface area contributed by atoms with E-state index in [9.17, 15) is 14.4 Å². The van der Waals surface area contributed by atoms with Gasteiger partial charge in [0.1, 0.15) is 5.76 Å². The molecule has 1 aliphatic carbocycles. The summed E-state index contributed by atoms with van der Waals surface area (Å²) in [5.41, 5.74) is 4.06. The smallest absolute Gasteiger partial charge is 0.337 e. The second kappa shape index (κ2) is 11.1. The number of Topliss-reactive ketones (excluding diaryl/α,β-unsaturated/α-hetero) is 1. The SMILES string of the molecule is CCCCCC(=O)N1c2ccccc2NC2=C(C(=O)C[C@H](c3ccco3)C2)[C@H]1c1ccc(C(=O)OC)cc1. The van der Waals surface area contributed by atoms with Gasteiger partial charge in [0.25, 0.3) is 0 Å². The summed E-state index contributed by atoms with van der Waals surface area (Å²) in [6.07, 6.45) is 5.61. The van der Waals surface area contributed by atoms with Gasteiger partial charge in [-0.3, -0.25) is 14.5 Å². The van der Waals surface area contributed by atoms with Crippen molar-refractivity contribution in [2.24, 2.45) is 0 Å². The average molecular weight is 513 g/mol. The highest BCUT2D eigenvalue weighted by molar-refractivity contribution is 6.06. The molecule has 1 aromatic heterocycles. The maximum Gasteiger partial charge on any atom is 0.337 e. The van der Waals surface area contributed by atoms with Crippen LogP contribution in [0.25, 0.3) is 0 Å². The van der Waals surface area contributed by atoms with Gasteiger partial charge in [-0.2, -0.15) is 0 Å². The summed E-state index contributed by atoms with van der Waals surface area (Å²) in [6, 6.07) is 17.8. The molecule has 2 atom stereocenters. The molecule has 7 nitrogen and oxygen atoms in total. The molecule has 1 aliphatic heterocycles. The fourth-order valence-corrected chi connectivity index (χ4v) is 5.47. The number of nitrogens with zero attached hydrogens (tertiary/aromatic N) is 1. The second-order valence-corrected chi connectivity index (χ2v) is 9.82. The van der Waals surface area contributed by atoms with Gasteiger partial charge < -0.3 is 14.5 Å². The quantitative estimate of drug-likeness (QED) is 0.285. The highest BCUT2D eigenvalue weighted by Gasteiger charge is 2.41. The molecule has 0 spiro atoms. The molecule has 0 saturated carbocycles. The molecule has 0 radical (unpaired) electrons. The highest BCUT2D eigenvalue weighted by atomic mass is 16.5. The van der Waals surface area contributed by atoms with Crippen LogP contribution in [0, 0.1) is 0 Å². The number of para-hydroxylation sites is 2. The van der Waals surface area contributed by atoms with Gasteiger partial charge in [0.2, 0.25) is 5.91 Å². The standard InChI is InChI=1S/C31H32N2O5/c1-3-4-5-12-28(35)33-25-10-7-6-9-23(25)32-24-18-22(27-11-8-17-38-27)19-26(34)29(24)30(33)20-13-15-21(16-14-20)31(36)37-2/h6-11,13-17,22,30,32H,3-5,12,18-19H2,1-2H3/t22-,30-/m1/s1. The number of nitrogens with one attached hydrogen (secondary N) is 1. The fourth-order valence-electron chi connectivity index (χ4n) is 5.47. The Kier molecular flexibility index (Phi) is 7.45. The number of anilines is 2. The van der Waals surface area contributed by atoms with Crippen LogP contribution in [0.2, 0.25) is 0 Å². The third kappa shape index (κ3) is 4.88. The number of fused-ring (bicyclic) bond motifs is 1. The lowest BCUT2D eigenvalue weighted by molar-refractivity contribution is -0.119. The van der Waals surface area contributed by atoms with E-state index in [1.807, 2.05) is 48.5 Å². The first kappa shape index (κ1) is 25.5. The zero-order chi connectivity index (χ0) is 26.6. The largest absolute Gasteiger partial charge is 0.469 e. The van der Waals surface area contributed by atoms with Crippen molar-refractivity contribution in [3.8, 4) is 0 Å². The second-order valence-electron chi connectivity index (χ2n) is 9.82. The van der Waals surface area contributed by atoms with E-state index in [4.69, 9.17) is 9.15 Å². The van der Waals surface area contributed by atoms with Crippen LogP contribution >= 0.6 is 0 Å². The number of carbonyl (C=O) groups is 3. The van der Waals surface area contributed by atoms with E-state index in [-0.39, 0.29) is 17.6 Å². The first-order valence-corrected chi connectivity index (χ1v) is 13.2. The van der Waals surface area contributed by atoms with E-state index in [2.05, 4.69) is 12.2 Å². The van der Waals surface area contributed by atoms with Crippen LogP contribution in [0.5, 0.6) is 0 Å². The molecule has 5 rings (SSSR count). The summed E-state index contributed by atoms with van der Waals surface area (Å²) in [4.78, 5) is 41.7. The van der Waals surface area contributed by atoms with Crippen molar-refractivity contribution < 1.29 is 23.5 Å². The molecular formula is C31H32N2O5. The zero-order valence-electron chi connectivity index (χ0n) is 21.7. The zero-order valence-corrected chi connectivity index (χ0v) is 21.7. The normalized spacial score (nSPS) is 18.8. The number of allylic oxidation sites excluding steroid dienone is 1. The van der Waals surface area contributed by atoms with Crippen LogP contribution in [-0.4, -0.2) is 24.8 Å². The number of hydrogen-bond acceptors (Lipinski definition) is 6. The number of hydrogen-bond donors (Lipinski definition) is 1. The van der Waals surface area contributed by atoms with Crippen LogP contribution in [0.15, 0.2) is 82.6 Å². The number of unbranched alkanes of at least 4 members (excludes halogenated alkanes) is 2. The van der Waals surface area contributed by atoms with E-state index in [0.29, 0.717) is 30.4 Å². The number of ether oxygens (including phenoxy) is 1. The van der Waals surface area contributed by atoms with E-state index in [1.54, 1.807) is 23.3 Å². The maximum absolute atomic E-state index is 13.9. The van der Waals surface area contributed by atoms with E-state index < -0.39 is 12.0 Å². The molecule has 0 fully saturated rings. The predicted octanol–water partition coefficient (Wildman–Crippen LogP) is 6.55. The molecule has 3 aromatic rings. The van der Waals surface area contributed by atoms with Gasteiger partial charge >= 0.3 is 5.97 Å². The Labute approximate surface area is 222 Å². The van der Waals surface area contributed by atoms with Crippen molar-refractivity contribution >= 4 is 29.0 Å². The summed E-state index contributed by atoms with van der Waals surface area (Å²) >= 11 is 0. The van der Waals surface area contributed by atoms with Crippen LogP contribution in [0.3, 0.4) is 0 Å². The minimum Gasteiger partial charge on any atom is -0.469 e. The Balaban J connectivity index is 1.66. The minimum absolute atomic E-state index is 0.0265. The Bertz CT molecular complexity index is 1360. The molecule has 2 aromatic carbocycles. The number of rotatable bonds is 7. The summed E-state index contributed by atoms with van der Waals surface area (Å²) < 4.78 is 10.5. The van der Waals surface area contributed by atoms with Crippen LogP contribution < -0.4 is 10.2 Å². The Morgan fingerprint density at radius 2 is 1.82 bits per heavy atom. The Morgan fingerprint density at radius 3 is 2.53 bits per heavy atom. The molecular weight excluding hydrogens is 480 g/mol. The number of furan rings is 1. The third-order valence-corrected chi connectivity index (χ3v) is 7.34. The van der Waals surface area contributed by atoms with Crippen molar-refractivity contribution in [1.82, 2.24) is 0 Å². The van der Waals surface area contributed by atoms with E-state index in [1.165, 1.54) is 7.11 Å². The molecule has 0 bridgehead atoms. The lowest BCUT2D eigenvalue weighted by Gasteiger charge is -2.35. The summed E-state index contributed by atoms with van der Waals surface area (Å²) in [6.45, 7) is 2.11. The summed E-state index contributed by atoms with van der Waals surface area (Å²) in [7, 11) is 1.34. The third-order valence-electron chi connectivity index (χ3n) is 7.34. The van der Waals surface area contributed by atoms with Crippen molar-refractivity contribution in [2.45, 2.75) is 57.4 Å². The molecule has 196 valence electrons. The number of benzene rings is 2. The minimum atomic E-state index is -0.632. The number of esters is 1. The van der Waals surface area contributed by atoms with Crippen LogP contribution in [0.1, 0.15) is 79.1 Å². The Morgan fingerprint density at radius 1 is 1.03 bits per heavy atom. The molecule has 0 saturated heterocycles. The lowest BCUT2D eigenvalue weighted by atomic mass is 9.80.